The Morgan fingerprint density at radius 1 is 1.10 bits per heavy atom. The maximum Gasteiger partial charge on any atom is 0.335 e. The third kappa shape index (κ3) is 2.19. The van der Waals surface area contributed by atoms with Gasteiger partial charge in [-0.1, -0.05) is 6.92 Å². The summed E-state index contributed by atoms with van der Waals surface area (Å²) in [4.78, 5) is 11.5. The number of aliphatic hydroxyl groups is 2. The van der Waals surface area contributed by atoms with Crippen molar-refractivity contribution in [2.24, 2.45) is 28.6 Å². The highest BCUT2D eigenvalue weighted by molar-refractivity contribution is 5.35. The first-order chi connectivity index (χ1) is 13.9. The van der Waals surface area contributed by atoms with Crippen LogP contribution in [0.1, 0.15) is 69.8 Å². The first-order valence-electron chi connectivity index (χ1n) is 11.5. The molecule has 9 unspecified atom stereocenters. The second-order valence-corrected chi connectivity index (χ2v) is 10.8. The van der Waals surface area contributed by atoms with Gasteiger partial charge >= 0.3 is 5.63 Å². The van der Waals surface area contributed by atoms with Crippen LogP contribution >= 0.6 is 0 Å². The van der Waals surface area contributed by atoms with Crippen molar-refractivity contribution in [3.05, 3.63) is 34.4 Å². The zero-order valence-corrected chi connectivity index (χ0v) is 17.2. The molecule has 5 aliphatic rings. The van der Waals surface area contributed by atoms with Crippen molar-refractivity contribution in [1.29, 1.82) is 0 Å². The third-order valence-corrected chi connectivity index (χ3v) is 10.2. The van der Waals surface area contributed by atoms with Gasteiger partial charge in [0.05, 0.1) is 18.5 Å². The molecule has 0 bridgehead atoms. The van der Waals surface area contributed by atoms with Crippen molar-refractivity contribution in [2.45, 2.75) is 82.0 Å². The van der Waals surface area contributed by atoms with Crippen LogP contribution < -0.4 is 5.63 Å². The van der Waals surface area contributed by atoms with Crippen LogP contribution in [0.15, 0.2) is 27.6 Å². The number of fused-ring (bicyclic) bond motifs is 3. The van der Waals surface area contributed by atoms with Crippen LogP contribution in [0, 0.1) is 28.6 Å². The molecule has 1 saturated heterocycles. The fourth-order valence-electron chi connectivity index (χ4n) is 8.84. The monoisotopic (exact) mass is 400 g/mol. The normalized spacial score (nSPS) is 52.8. The van der Waals surface area contributed by atoms with E-state index in [1.807, 2.05) is 6.07 Å². The molecule has 1 spiro atoms. The summed E-state index contributed by atoms with van der Waals surface area (Å²) in [6.07, 6.45) is 9.83. The molecule has 1 aliphatic heterocycles. The van der Waals surface area contributed by atoms with Crippen molar-refractivity contribution in [2.75, 3.05) is 6.61 Å². The van der Waals surface area contributed by atoms with E-state index in [0.717, 1.165) is 56.9 Å². The molecule has 0 radical (unpaired) electrons. The molecule has 4 aliphatic carbocycles. The van der Waals surface area contributed by atoms with Crippen LogP contribution in [0.4, 0.5) is 0 Å². The van der Waals surface area contributed by atoms with E-state index in [1.165, 1.54) is 0 Å². The average molecular weight is 401 g/mol. The van der Waals surface area contributed by atoms with E-state index in [-0.39, 0.29) is 34.8 Å². The lowest BCUT2D eigenvalue weighted by Crippen LogP contribution is -2.60. The highest BCUT2D eigenvalue weighted by atomic mass is 16.6. The van der Waals surface area contributed by atoms with Crippen LogP contribution in [-0.4, -0.2) is 34.6 Å². The lowest BCUT2D eigenvalue weighted by Gasteiger charge is -2.61. The summed E-state index contributed by atoms with van der Waals surface area (Å²) in [6.45, 7) is 2.64. The van der Waals surface area contributed by atoms with Gasteiger partial charge < -0.3 is 19.4 Å². The van der Waals surface area contributed by atoms with Gasteiger partial charge in [-0.15, -0.1) is 0 Å². The number of hydrogen-bond donors (Lipinski definition) is 2. The molecule has 0 amide bonds. The zero-order valence-electron chi connectivity index (χ0n) is 17.2. The SMILES string of the molecule is CC12CCC3C(CCC4CC(O)CCC43CO)C13OC3CC2c1ccc(=O)oc1. The molecule has 0 aromatic carbocycles. The van der Waals surface area contributed by atoms with Crippen molar-refractivity contribution in [1.82, 2.24) is 0 Å². The van der Waals surface area contributed by atoms with Crippen LogP contribution in [0.2, 0.25) is 0 Å². The zero-order chi connectivity index (χ0) is 20.0. The Morgan fingerprint density at radius 2 is 1.97 bits per heavy atom. The minimum Gasteiger partial charge on any atom is -0.431 e. The molecule has 9 atom stereocenters. The van der Waals surface area contributed by atoms with Gasteiger partial charge in [-0.3, -0.25) is 0 Å². The first kappa shape index (κ1) is 18.6. The van der Waals surface area contributed by atoms with Gasteiger partial charge in [0.1, 0.15) is 5.60 Å². The molecule has 1 aromatic heterocycles. The van der Waals surface area contributed by atoms with Gasteiger partial charge in [0.15, 0.2) is 0 Å². The minimum atomic E-state index is -0.292. The molecule has 6 rings (SSSR count). The molecule has 158 valence electrons. The fraction of sp³-hybridized carbons (Fsp3) is 0.792. The molecule has 5 fully saturated rings. The van der Waals surface area contributed by atoms with Crippen molar-refractivity contribution in [3.63, 3.8) is 0 Å². The smallest absolute Gasteiger partial charge is 0.335 e. The van der Waals surface area contributed by atoms with Gasteiger partial charge in [-0.2, -0.15) is 0 Å². The van der Waals surface area contributed by atoms with E-state index >= 15 is 0 Å². The topological polar surface area (TPSA) is 83.2 Å². The molecule has 5 heteroatoms. The van der Waals surface area contributed by atoms with Gasteiger partial charge in [0.2, 0.25) is 0 Å². The van der Waals surface area contributed by atoms with Crippen LogP contribution in [0.3, 0.4) is 0 Å². The summed E-state index contributed by atoms with van der Waals surface area (Å²) in [5.74, 6) is 1.79. The summed E-state index contributed by atoms with van der Waals surface area (Å²) in [6, 6.07) is 3.49. The number of hydrogen-bond acceptors (Lipinski definition) is 5. The fourth-order valence-corrected chi connectivity index (χ4v) is 8.84. The average Bonchev–Trinajstić information content (AvgIpc) is 3.38. The Bertz CT molecular complexity index is 860. The Hall–Kier alpha value is -1.17. The van der Waals surface area contributed by atoms with Crippen molar-refractivity contribution < 1.29 is 19.4 Å². The Balaban J connectivity index is 1.37. The van der Waals surface area contributed by atoms with Crippen molar-refractivity contribution >= 4 is 0 Å². The second kappa shape index (κ2) is 5.95. The summed E-state index contributed by atoms with van der Waals surface area (Å²) in [5, 5.41) is 20.8. The van der Waals surface area contributed by atoms with Crippen LogP contribution in [0.25, 0.3) is 0 Å². The lowest BCUT2D eigenvalue weighted by atomic mass is 9.43. The van der Waals surface area contributed by atoms with E-state index in [9.17, 15) is 15.0 Å². The van der Waals surface area contributed by atoms with Gasteiger partial charge in [-0.25, -0.2) is 4.79 Å². The van der Waals surface area contributed by atoms with Crippen molar-refractivity contribution in [3.8, 4) is 0 Å². The number of aliphatic hydroxyl groups excluding tert-OH is 2. The second-order valence-electron chi connectivity index (χ2n) is 10.8. The first-order valence-corrected chi connectivity index (χ1v) is 11.5. The summed E-state index contributed by atoms with van der Waals surface area (Å²) in [5.41, 5.74) is 0.773. The maximum atomic E-state index is 11.5. The minimum absolute atomic E-state index is 0.0354. The predicted octanol–water partition coefficient (Wildman–Crippen LogP) is 3.23. The summed E-state index contributed by atoms with van der Waals surface area (Å²) in [7, 11) is 0. The molecular formula is C24H32O5. The number of rotatable bonds is 2. The highest BCUT2D eigenvalue weighted by Crippen LogP contribution is 2.77. The maximum absolute atomic E-state index is 11.5. The molecular weight excluding hydrogens is 368 g/mol. The van der Waals surface area contributed by atoms with E-state index in [2.05, 4.69) is 6.92 Å². The Morgan fingerprint density at radius 3 is 2.72 bits per heavy atom. The molecule has 4 saturated carbocycles. The van der Waals surface area contributed by atoms with E-state index in [0.29, 0.717) is 29.8 Å². The lowest BCUT2D eigenvalue weighted by molar-refractivity contribution is -0.162. The largest absolute Gasteiger partial charge is 0.431 e. The number of epoxide rings is 1. The summed E-state index contributed by atoms with van der Waals surface area (Å²) >= 11 is 0. The molecule has 2 N–H and O–H groups in total. The third-order valence-electron chi connectivity index (χ3n) is 10.2. The van der Waals surface area contributed by atoms with Crippen LogP contribution in [-0.2, 0) is 4.74 Å². The van der Waals surface area contributed by atoms with E-state index in [1.54, 1.807) is 12.3 Å². The number of ether oxygens (including phenoxy) is 1. The summed E-state index contributed by atoms with van der Waals surface area (Å²) < 4.78 is 11.8. The molecule has 2 heterocycles. The molecule has 5 nitrogen and oxygen atoms in total. The van der Waals surface area contributed by atoms with E-state index < -0.39 is 0 Å². The standard InChI is InChI=1S/C24H32O5/c1-22-8-7-17-18(4-3-15-10-16(26)6-9-23(15,17)13-25)24(22)20(29-24)11-19(22)14-2-5-21(27)28-12-14/h2,5,12,15-20,25-26H,3-4,6-11,13H2,1H3. The molecule has 29 heavy (non-hydrogen) atoms. The highest BCUT2D eigenvalue weighted by Gasteiger charge is 2.80. The van der Waals surface area contributed by atoms with Gasteiger partial charge in [-0.05, 0) is 92.1 Å². The molecule has 1 aromatic rings. The van der Waals surface area contributed by atoms with Crippen LogP contribution in [0.5, 0.6) is 0 Å². The Kier molecular flexibility index (Phi) is 3.82. The van der Waals surface area contributed by atoms with Gasteiger partial charge in [0.25, 0.3) is 0 Å². The van der Waals surface area contributed by atoms with E-state index in [4.69, 9.17) is 9.15 Å². The Labute approximate surface area is 171 Å². The predicted molar refractivity (Wildman–Crippen MR) is 106 cm³/mol. The quantitative estimate of drug-likeness (QED) is 0.745. The van der Waals surface area contributed by atoms with Gasteiger partial charge in [0, 0.05) is 18.1 Å².